The molecule has 4 aromatic rings. The van der Waals surface area contributed by atoms with Crippen LogP contribution in [0.5, 0.6) is 17.4 Å². The van der Waals surface area contributed by atoms with Gasteiger partial charge in [-0.15, -0.1) is 0 Å². The van der Waals surface area contributed by atoms with E-state index < -0.39 is 5.97 Å². The minimum atomic E-state index is -0.819. The van der Waals surface area contributed by atoms with Crippen LogP contribution in [0.3, 0.4) is 0 Å². The van der Waals surface area contributed by atoms with Crippen molar-refractivity contribution < 1.29 is 24.1 Å². The minimum Gasteiger partial charge on any atom is -0.496 e. The van der Waals surface area contributed by atoms with Crippen LogP contribution in [0.1, 0.15) is 50.2 Å². The van der Waals surface area contributed by atoms with E-state index in [1.807, 2.05) is 35.8 Å². The van der Waals surface area contributed by atoms with Crippen LogP contribution in [0.25, 0.3) is 22.6 Å². The highest BCUT2D eigenvalue weighted by Crippen LogP contribution is 2.49. The summed E-state index contributed by atoms with van der Waals surface area (Å²) in [5, 5.41) is 9.68. The molecule has 6 rings (SSSR count). The van der Waals surface area contributed by atoms with Crippen LogP contribution in [0.2, 0.25) is 5.02 Å². The lowest BCUT2D eigenvalue weighted by Crippen LogP contribution is -2.17. The molecule has 2 fully saturated rings. The molecule has 2 heterocycles. The Morgan fingerprint density at radius 3 is 2.62 bits per heavy atom. The molecule has 2 aromatic heterocycles. The number of benzene rings is 2. The Bertz CT molecular complexity index is 1610. The normalized spacial score (nSPS) is 16.5. The molecule has 2 aliphatic rings. The first-order chi connectivity index (χ1) is 19.2. The zero-order chi connectivity index (χ0) is 28.1. The Morgan fingerprint density at radius 2 is 1.93 bits per heavy atom. The molecule has 40 heavy (non-hydrogen) atoms. The molecule has 0 spiro atoms. The maximum atomic E-state index is 11.3. The SMILES string of the molecule is COc1ccc(C)cc1Cn1c(-c2cccc(OCC3(CC(=O)O)CC3)c2Cl)nc2c(OC3(C)CC3)ncnc21. The van der Waals surface area contributed by atoms with E-state index in [1.54, 1.807) is 13.2 Å². The van der Waals surface area contributed by atoms with Gasteiger partial charge >= 0.3 is 5.97 Å². The van der Waals surface area contributed by atoms with Crippen LogP contribution in [0.4, 0.5) is 0 Å². The molecule has 0 radical (unpaired) electrons. The van der Waals surface area contributed by atoms with E-state index in [4.69, 9.17) is 30.8 Å². The molecule has 2 saturated carbocycles. The van der Waals surface area contributed by atoms with Gasteiger partial charge < -0.3 is 23.9 Å². The van der Waals surface area contributed by atoms with E-state index >= 15 is 0 Å². The topological polar surface area (TPSA) is 109 Å². The third-order valence-electron chi connectivity index (χ3n) is 7.78. The summed E-state index contributed by atoms with van der Waals surface area (Å²) in [5.41, 5.74) is 3.32. The Kier molecular flexibility index (Phi) is 6.57. The first-order valence-electron chi connectivity index (χ1n) is 13.4. The number of fused-ring (bicyclic) bond motifs is 1. The van der Waals surface area contributed by atoms with Gasteiger partial charge in [0, 0.05) is 16.5 Å². The third kappa shape index (κ3) is 5.18. The zero-order valence-corrected chi connectivity index (χ0v) is 23.5. The molecule has 9 nitrogen and oxygen atoms in total. The summed E-state index contributed by atoms with van der Waals surface area (Å²) in [6.07, 6.45) is 5.15. The van der Waals surface area contributed by atoms with Crippen molar-refractivity contribution >= 4 is 28.7 Å². The molecule has 0 unspecified atom stereocenters. The monoisotopic (exact) mass is 562 g/mol. The molecule has 10 heteroatoms. The summed E-state index contributed by atoms with van der Waals surface area (Å²) in [4.78, 5) is 25.3. The first-order valence-corrected chi connectivity index (χ1v) is 13.7. The van der Waals surface area contributed by atoms with E-state index in [9.17, 15) is 9.90 Å². The number of hydrogen-bond donors (Lipinski definition) is 1. The van der Waals surface area contributed by atoms with E-state index in [0.717, 1.165) is 42.6 Å². The average molecular weight is 563 g/mol. The van der Waals surface area contributed by atoms with Crippen LogP contribution in [0, 0.1) is 12.3 Å². The molecule has 2 aliphatic carbocycles. The van der Waals surface area contributed by atoms with Gasteiger partial charge in [0.15, 0.2) is 11.2 Å². The van der Waals surface area contributed by atoms with Gasteiger partial charge in [0.2, 0.25) is 5.88 Å². The molecular formula is C30H31ClN4O5. The summed E-state index contributed by atoms with van der Waals surface area (Å²) >= 11 is 6.95. The average Bonchev–Trinajstić information content (AvgIpc) is 3.82. The lowest BCUT2D eigenvalue weighted by atomic mass is 10.0. The quantitative estimate of drug-likeness (QED) is 0.234. The third-order valence-corrected chi connectivity index (χ3v) is 8.17. The van der Waals surface area contributed by atoms with E-state index in [-0.39, 0.29) is 17.4 Å². The van der Waals surface area contributed by atoms with Gasteiger partial charge in [0.25, 0.3) is 0 Å². The summed E-state index contributed by atoms with van der Waals surface area (Å²) < 4.78 is 20.0. The predicted molar refractivity (Wildman–Crippen MR) is 150 cm³/mol. The molecule has 0 bridgehead atoms. The Hall–Kier alpha value is -3.85. The van der Waals surface area contributed by atoms with Gasteiger partial charge in [-0.25, -0.2) is 9.97 Å². The molecular weight excluding hydrogens is 532 g/mol. The maximum absolute atomic E-state index is 11.3. The lowest BCUT2D eigenvalue weighted by molar-refractivity contribution is -0.138. The Balaban J connectivity index is 1.44. The number of ether oxygens (including phenoxy) is 3. The highest BCUT2D eigenvalue weighted by molar-refractivity contribution is 6.34. The summed E-state index contributed by atoms with van der Waals surface area (Å²) in [5.74, 6) is 1.45. The fraction of sp³-hybridized carbons (Fsp3) is 0.400. The van der Waals surface area contributed by atoms with Gasteiger partial charge in [-0.3, -0.25) is 4.79 Å². The number of carboxylic acid groups (broad SMARTS) is 1. The van der Waals surface area contributed by atoms with Gasteiger partial charge in [0.1, 0.15) is 29.3 Å². The van der Waals surface area contributed by atoms with Crippen molar-refractivity contribution in [2.75, 3.05) is 13.7 Å². The summed E-state index contributed by atoms with van der Waals surface area (Å²) in [7, 11) is 1.65. The molecule has 2 aromatic carbocycles. The van der Waals surface area contributed by atoms with Gasteiger partial charge in [-0.2, -0.15) is 4.98 Å². The second-order valence-corrected chi connectivity index (χ2v) is 11.6. The number of carbonyl (C=O) groups is 1. The van der Waals surface area contributed by atoms with Crippen LogP contribution in [-0.2, 0) is 11.3 Å². The molecule has 0 amide bonds. The van der Waals surface area contributed by atoms with E-state index in [2.05, 4.69) is 23.0 Å². The number of imidazole rings is 1. The fourth-order valence-electron chi connectivity index (χ4n) is 4.95. The van der Waals surface area contributed by atoms with Crippen molar-refractivity contribution in [1.82, 2.24) is 19.5 Å². The van der Waals surface area contributed by atoms with Gasteiger partial charge in [-0.05, 0) is 57.7 Å². The van der Waals surface area contributed by atoms with Crippen molar-refractivity contribution in [3.8, 4) is 28.8 Å². The number of hydrogen-bond acceptors (Lipinski definition) is 7. The Morgan fingerprint density at radius 1 is 1.12 bits per heavy atom. The van der Waals surface area contributed by atoms with E-state index in [1.165, 1.54) is 6.33 Å². The number of rotatable bonds is 11. The number of carboxylic acids is 1. The number of nitrogens with zero attached hydrogens (tertiary/aromatic N) is 4. The molecule has 0 atom stereocenters. The van der Waals surface area contributed by atoms with Crippen molar-refractivity contribution in [2.45, 2.75) is 58.1 Å². The van der Waals surface area contributed by atoms with Gasteiger partial charge in [-0.1, -0.05) is 35.4 Å². The summed E-state index contributed by atoms with van der Waals surface area (Å²) in [6, 6.07) is 11.6. The number of aliphatic carboxylic acids is 1. The van der Waals surface area contributed by atoms with Crippen molar-refractivity contribution in [3.63, 3.8) is 0 Å². The second kappa shape index (κ2) is 9.96. The number of methoxy groups -OCH3 is 1. The van der Waals surface area contributed by atoms with Crippen molar-refractivity contribution in [1.29, 1.82) is 0 Å². The smallest absolute Gasteiger partial charge is 0.304 e. The number of aryl methyl sites for hydroxylation is 1. The molecule has 208 valence electrons. The standard InChI is InChI=1S/C30H31ClN4O5/c1-18-7-8-21(38-3)19(13-18)15-35-26(34-25-27(35)32-17-33-28(25)40-29(2)9-10-29)20-5-4-6-22(24(20)31)39-16-30(11-12-30)14-23(36)37/h4-8,13,17H,9-12,14-16H2,1-3H3,(H,36,37). The zero-order valence-electron chi connectivity index (χ0n) is 22.7. The number of aromatic nitrogens is 4. The highest BCUT2D eigenvalue weighted by atomic mass is 35.5. The predicted octanol–water partition coefficient (Wildman–Crippen LogP) is 6.08. The lowest BCUT2D eigenvalue weighted by Gasteiger charge is -2.17. The van der Waals surface area contributed by atoms with Crippen LogP contribution in [-0.4, -0.2) is 49.9 Å². The van der Waals surface area contributed by atoms with Crippen molar-refractivity contribution in [3.05, 3.63) is 58.9 Å². The van der Waals surface area contributed by atoms with Crippen molar-refractivity contribution in [2.24, 2.45) is 5.41 Å². The van der Waals surface area contributed by atoms with Crippen LogP contribution >= 0.6 is 11.6 Å². The Labute approximate surface area is 237 Å². The molecule has 1 N–H and O–H groups in total. The van der Waals surface area contributed by atoms with E-state index in [0.29, 0.717) is 52.4 Å². The highest BCUT2D eigenvalue weighted by Gasteiger charge is 2.45. The summed E-state index contributed by atoms with van der Waals surface area (Å²) in [6.45, 7) is 4.81. The van der Waals surface area contributed by atoms with Gasteiger partial charge in [0.05, 0.1) is 31.7 Å². The first kappa shape index (κ1) is 26.4. The molecule has 0 saturated heterocycles. The second-order valence-electron chi connectivity index (χ2n) is 11.2. The molecule has 0 aliphatic heterocycles. The van der Waals surface area contributed by atoms with Crippen LogP contribution < -0.4 is 14.2 Å². The maximum Gasteiger partial charge on any atom is 0.304 e. The number of halogens is 1. The minimum absolute atomic E-state index is 0.0821. The largest absolute Gasteiger partial charge is 0.496 e. The van der Waals surface area contributed by atoms with Crippen LogP contribution in [0.15, 0.2) is 42.7 Å². The fourth-order valence-corrected chi connectivity index (χ4v) is 5.22.